The number of nitrogens with zero attached hydrogens (tertiary/aromatic N) is 3. The van der Waals surface area contributed by atoms with E-state index >= 15 is 0 Å². The van der Waals surface area contributed by atoms with Crippen LogP contribution in [0.4, 0.5) is 5.82 Å². The summed E-state index contributed by atoms with van der Waals surface area (Å²) < 4.78 is 0. The molecule has 22 heavy (non-hydrogen) atoms. The number of nitrogens with one attached hydrogen (secondary N) is 2. The van der Waals surface area contributed by atoms with Crippen molar-refractivity contribution in [2.24, 2.45) is 5.10 Å². The van der Waals surface area contributed by atoms with Crippen LogP contribution in [0.25, 0.3) is 0 Å². The normalized spacial score (nSPS) is 11.9. The van der Waals surface area contributed by atoms with Gasteiger partial charge in [0.05, 0.1) is 16.3 Å². The largest absolute Gasteiger partial charge is 0.363 e. The second-order valence-electron chi connectivity index (χ2n) is 5.63. The van der Waals surface area contributed by atoms with Gasteiger partial charge in [-0.15, -0.1) is 0 Å². The Kier molecular flexibility index (Phi) is 4.83. The number of benzene rings is 1. The molecule has 0 atom stereocenters. The third-order valence-electron chi connectivity index (χ3n) is 2.74. The van der Waals surface area contributed by atoms with E-state index in [0.29, 0.717) is 21.6 Å². The maximum atomic E-state index is 11.3. The zero-order valence-electron chi connectivity index (χ0n) is 12.3. The van der Waals surface area contributed by atoms with Crippen molar-refractivity contribution in [3.8, 4) is 0 Å². The van der Waals surface area contributed by atoms with Crippen LogP contribution in [-0.2, 0) is 5.41 Å². The number of aromatic nitrogens is 3. The first-order chi connectivity index (χ1) is 10.3. The summed E-state index contributed by atoms with van der Waals surface area (Å²) in [5.74, 6) is 0.313. The average molecular weight is 340 g/mol. The van der Waals surface area contributed by atoms with Crippen molar-refractivity contribution in [1.82, 2.24) is 15.2 Å². The molecular formula is C14H15Cl2N5O. The van der Waals surface area contributed by atoms with E-state index in [9.17, 15) is 4.79 Å². The van der Waals surface area contributed by atoms with Crippen LogP contribution in [0.3, 0.4) is 0 Å². The Hall–Kier alpha value is -1.92. The van der Waals surface area contributed by atoms with Gasteiger partial charge in [-0.1, -0.05) is 50.0 Å². The summed E-state index contributed by atoms with van der Waals surface area (Å²) in [7, 11) is 0. The smallest absolute Gasteiger partial charge is 0.260 e. The second-order valence-corrected chi connectivity index (χ2v) is 6.45. The molecule has 0 aliphatic carbocycles. The molecule has 0 unspecified atom stereocenters. The first-order valence-electron chi connectivity index (χ1n) is 6.49. The highest BCUT2D eigenvalue weighted by Gasteiger charge is 2.21. The summed E-state index contributed by atoms with van der Waals surface area (Å²) in [5, 5.41) is 11.3. The summed E-state index contributed by atoms with van der Waals surface area (Å²) in [4.78, 5) is 15.2. The van der Waals surface area contributed by atoms with Crippen LogP contribution in [0.1, 0.15) is 32.0 Å². The fourth-order valence-corrected chi connectivity index (χ4v) is 2.00. The Morgan fingerprint density at radius 2 is 2.00 bits per heavy atom. The summed E-state index contributed by atoms with van der Waals surface area (Å²) in [5.41, 5.74) is 3.28. The molecule has 0 amide bonds. The molecule has 8 heteroatoms. The van der Waals surface area contributed by atoms with E-state index in [1.165, 1.54) is 0 Å². The number of anilines is 1. The predicted octanol–water partition coefficient (Wildman–Crippen LogP) is 3.22. The molecule has 0 saturated carbocycles. The lowest BCUT2D eigenvalue weighted by Crippen LogP contribution is -2.24. The Labute approximate surface area is 137 Å². The lowest BCUT2D eigenvalue weighted by atomic mass is 9.92. The lowest BCUT2D eigenvalue weighted by Gasteiger charge is -2.18. The standard InChI is InChI=1S/C14H15Cl2N5O/c1-14(2,3)11-12(18-13(22)21-19-11)20-17-7-8-4-5-9(15)10(16)6-8/h4-7H,1-3H3,(H2,18,20,21,22)/b17-7+. The van der Waals surface area contributed by atoms with E-state index < -0.39 is 5.69 Å². The number of rotatable bonds is 3. The van der Waals surface area contributed by atoms with Crippen LogP contribution in [0, 0.1) is 0 Å². The minimum absolute atomic E-state index is 0.293. The van der Waals surface area contributed by atoms with Crippen LogP contribution in [0.5, 0.6) is 0 Å². The van der Waals surface area contributed by atoms with E-state index in [2.05, 4.69) is 25.7 Å². The molecule has 1 aromatic carbocycles. The topological polar surface area (TPSA) is 83.0 Å². The second kappa shape index (κ2) is 6.46. The van der Waals surface area contributed by atoms with Gasteiger partial charge in [-0.2, -0.15) is 15.2 Å². The summed E-state index contributed by atoms with van der Waals surface area (Å²) in [6, 6.07) is 5.13. The molecule has 116 valence electrons. The predicted molar refractivity (Wildman–Crippen MR) is 89.0 cm³/mol. The number of hydrogen-bond donors (Lipinski definition) is 2. The first kappa shape index (κ1) is 16.5. The third kappa shape index (κ3) is 4.05. The van der Waals surface area contributed by atoms with E-state index in [0.717, 1.165) is 5.56 Å². The third-order valence-corrected chi connectivity index (χ3v) is 3.48. The van der Waals surface area contributed by atoms with Gasteiger partial charge in [-0.25, -0.2) is 9.89 Å². The van der Waals surface area contributed by atoms with Crippen LogP contribution in [-0.4, -0.2) is 21.4 Å². The first-order valence-corrected chi connectivity index (χ1v) is 7.24. The van der Waals surface area contributed by atoms with E-state index in [-0.39, 0.29) is 5.41 Å². The van der Waals surface area contributed by atoms with E-state index in [1.807, 2.05) is 20.8 Å². The minimum Gasteiger partial charge on any atom is -0.260 e. The molecule has 2 aromatic rings. The summed E-state index contributed by atoms with van der Waals surface area (Å²) >= 11 is 11.8. The fraction of sp³-hybridized carbons (Fsp3) is 0.286. The molecule has 0 spiro atoms. The zero-order valence-corrected chi connectivity index (χ0v) is 13.8. The molecule has 6 nitrogen and oxygen atoms in total. The molecule has 0 aliphatic rings. The maximum Gasteiger partial charge on any atom is 0.363 e. The van der Waals surface area contributed by atoms with Crippen molar-refractivity contribution in [1.29, 1.82) is 0 Å². The van der Waals surface area contributed by atoms with Crippen molar-refractivity contribution >= 4 is 35.2 Å². The highest BCUT2D eigenvalue weighted by molar-refractivity contribution is 6.42. The molecule has 0 aliphatic heterocycles. The Morgan fingerprint density at radius 1 is 1.27 bits per heavy atom. The van der Waals surface area contributed by atoms with Gasteiger partial charge in [0.15, 0.2) is 5.82 Å². The van der Waals surface area contributed by atoms with Crippen LogP contribution in [0.2, 0.25) is 10.0 Å². The number of aromatic amines is 1. The average Bonchev–Trinajstić information content (AvgIpc) is 2.41. The molecule has 0 radical (unpaired) electrons. The number of hydrogen-bond acceptors (Lipinski definition) is 5. The maximum absolute atomic E-state index is 11.3. The fourth-order valence-electron chi connectivity index (χ4n) is 1.70. The van der Waals surface area contributed by atoms with Crippen LogP contribution in [0.15, 0.2) is 28.1 Å². The van der Waals surface area contributed by atoms with Crippen molar-refractivity contribution in [2.45, 2.75) is 26.2 Å². The van der Waals surface area contributed by atoms with Gasteiger partial charge in [0.2, 0.25) is 0 Å². The van der Waals surface area contributed by atoms with Gasteiger partial charge >= 0.3 is 5.69 Å². The van der Waals surface area contributed by atoms with Gasteiger partial charge in [0, 0.05) is 5.41 Å². The summed E-state index contributed by atoms with van der Waals surface area (Å²) in [6.45, 7) is 5.88. The van der Waals surface area contributed by atoms with Gasteiger partial charge in [-0.05, 0) is 17.7 Å². The van der Waals surface area contributed by atoms with Gasteiger partial charge in [0.25, 0.3) is 0 Å². The lowest BCUT2D eigenvalue weighted by molar-refractivity contribution is 0.553. The van der Waals surface area contributed by atoms with E-state index in [1.54, 1.807) is 24.4 Å². The van der Waals surface area contributed by atoms with Crippen molar-refractivity contribution in [3.63, 3.8) is 0 Å². The van der Waals surface area contributed by atoms with Crippen molar-refractivity contribution in [3.05, 3.63) is 50.0 Å². The molecule has 1 aromatic heterocycles. The molecule has 0 saturated heterocycles. The molecule has 0 fully saturated rings. The highest BCUT2D eigenvalue weighted by atomic mass is 35.5. The highest BCUT2D eigenvalue weighted by Crippen LogP contribution is 2.24. The number of hydrazone groups is 1. The van der Waals surface area contributed by atoms with E-state index in [4.69, 9.17) is 23.2 Å². The molecular weight excluding hydrogens is 325 g/mol. The number of H-pyrrole nitrogens is 1. The van der Waals surface area contributed by atoms with Gasteiger partial charge in [0.1, 0.15) is 5.69 Å². The van der Waals surface area contributed by atoms with Gasteiger partial charge < -0.3 is 0 Å². The Bertz CT molecular complexity index is 765. The SMILES string of the molecule is CC(C)(C)c1n[nH]c(=O)nc1N/N=C/c1ccc(Cl)c(Cl)c1. The number of halogens is 2. The quantitative estimate of drug-likeness (QED) is 0.664. The zero-order chi connectivity index (χ0) is 16.3. The minimum atomic E-state index is -0.541. The Balaban J connectivity index is 2.24. The van der Waals surface area contributed by atoms with Crippen molar-refractivity contribution < 1.29 is 0 Å². The molecule has 2 N–H and O–H groups in total. The molecule has 0 bridgehead atoms. The van der Waals surface area contributed by atoms with Crippen LogP contribution >= 0.6 is 23.2 Å². The molecule has 2 rings (SSSR count). The summed E-state index contributed by atoms with van der Waals surface area (Å²) in [6.07, 6.45) is 1.55. The van der Waals surface area contributed by atoms with Gasteiger partial charge in [-0.3, -0.25) is 5.43 Å². The monoisotopic (exact) mass is 339 g/mol. The van der Waals surface area contributed by atoms with Crippen LogP contribution < -0.4 is 11.1 Å². The van der Waals surface area contributed by atoms with Crippen molar-refractivity contribution in [2.75, 3.05) is 5.43 Å². The Morgan fingerprint density at radius 3 is 2.64 bits per heavy atom. The molecule has 1 heterocycles.